The second-order valence-corrected chi connectivity index (χ2v) is 7.00. The molecule has 0 radical (unpaired) electrons. The molecule has 7 nitrogen and oxygen atoms in total. The van der Waals surface area contributed by atoms with Crippen LogP contribution in [-0.4, -0.2) is 29.0 Å². The van der Waals surface area contributed by atoms with Gasteiger partial charge in [-0.2, -0.15) is 0 Å². The second-order valence-electron chi connectivity index (χ2n) is 5.34. The van der Waals surface area contributed by atoms with Crippen LogP contribution >= 0.6 is 0 Å². The Bertz CT molecular complexity index is 799. The van der Waals surface area contributed by atoms with Crippen molar-refractivity contribution in [3.63, 3.8) is 0 Å². The largest absolute Gasteiger partial charge is 0.481 e. The highest BCUT2D eigenvalue weighted by atomic mass is 32.2. The van der Waals surface area contributed by atoms with Gasteiger partial charge in [0.15, 0.2) is 5.03 Å². The fraction of sp³-hybridized carbons (Fsp3) is 0.333. The first-order valence-corrected chi connectivity index (χ1v) is 8.50. The SMILES string of the molecule is Cc1ncc(S(=O)(=O)NC(c2ccccc2)C(C)C(=O)O)n1C. The summed E-state index contributed by atoms with van der Waals surface area (Å²) in [4.78, 5) is 15.3. The highest BCUT2D eigenvalue weighted by molar-refractivity contribution is 7.89. The molecule has 0 saturated carbocycles. The van der Waals surface area contributed by atoms with Gasteiger partial charge in [-0.1, -0.05) is 37.3 Å². The Morgan fingerprint density at radius 2 is 1.91 bits per heavy atom. The van der Waals surface area contributed by atoms with Crippen molar-refractivity contribution in [3.8, 4) is 0 Å². The number of carbonyl (C=O) groups is 1. The van der Waals surface area contributed by atoms with Crippen molar-refractivity contribution >= 4 is 16.0 Å². The third-order valence-corrected chi connectivity index (χ3v) is 5.28. The van der Waals surface area contributed by atoms with E-state index in [1.54, 1.807) is 44.3 Å². The molecule has 0 fully saturated rings. The van der Waals surface area contributed by atoms with Gasteiger partial charge in [0.1, 0.15) is 5.82 Å². The van der Waals surface area contributed by atoms with Crippen LogP contribution in [0.2, 0.25) is 0 Å². The van der Waals surface area contributed by atoms with E-state index >= 15 is 0 Å². The van der Waals surface area contributed by atoms with E-state index in [1.165, 1.54) is 17.7 Å². The molecule has 2 rings (SSSR count). The lowest BCUT2D eigenvalue weighted by Gasteiger charge is -2.22. The molecular weight excluding hydrogens is 318 g/mol. The summed E-state index contributed by atoms with van der Waals surface area (Å²) in [7, 11) is -2.32. The van der Waals surface area contributed by atoms with Crippen molar-refractivity contribution in [3.05, 3.63) is 47.9 Å². The van der Waals surface area contributed by atoms with Crippen LogP contribution in [0.25, 0.3) is 0 Å². The lowest BCUT2D eigenvalue weighted by Crippen LogP contribution is -2.36. The number of benzene rings is 1. The van der Waals surface area contributed by atoms with Crippen molar-refractivity contribution in [2.45, 2.75) is 24.9 Å². The van der Waals surface area contributed by atoms with E-state index in [1.807, 2.05) is 0 Å². The lowest BCUT2D eigenvalue weighted by molar-refractivity contribution is -0.142. The van der Waals surface area contributed by atoms with Gasteiger partial charge in [-0.05, 0) is 12.5 Å². The average Bonchev–Trinajstić information content (AvgIpc) is 2.85. The van der Waals surface area contributed by atoms with Crippen LogP contribution in [0, 0.1) is 12.8 Å². The molecule has 0 amide bonds. The number of aliphatic carboxylic acids is 1. The van der Waals surface area contributed by atoms with Crippen LogP contribution in [0.4, 0.5) is 0 Å². The maximum absolute atomic E-state index is 12.6. The van der Waals surface area contributed by atoms with Crippen LogP contribution in [0.3, 0.4) is 0 Å². The van der Waals surface area contributed by atoms with E-state index in [0.717, 1.165) is 0 Å². The molecule has 1 aromatic heterocycles. The molecule has 8 heteroatoms. The normalized spacial score (nSPS) is 14.4. The fourth-order valence-corrected chi connectivity index (χ4v) is 3.70. The molecule has 0 aliphatic carbocycles. The molecule has 2 unspecified atom stereocenters. The van der Waals surface area contributed by atoms with Crippen LogP contribution in [0.1, 0.15) is 24.4 Å². The Morgan fingerprint density at radius 1 is 1.30 bits per heavy atom. The number of rotatable bonds is 6. The third kappa shape index (κ3) is 3.59. The molecule has 124 valence electrons. The predicted molar refractivity (Wildman–Crippen MR) is 84.2 cm³/mol. The minimum Gasteiger partial charge on any atom is -0.481 e. The van der Waals surface area contributed by atoms with Crippen LogP contribution in [-0.2, 0) is 21.9 Å². The van der Waals surface area contributed by atoms with Crippen LogP contribution in [0.15, 0.2) is 41.6 Å². The molecule has 0 aliphatic heterocycles. The molecule has 0 spiro atoms. The Morgan fingerprint density at radius 3 is 2.39 bits per heavy atom. The zero-order valence-corrected chi connectivity index (χ0v) is 13.9. The van der Waals surface area contributed by atoms with Gasteiger partial charge in [0.2, 0.25) is 0 Å². The van der Waals surface area contributed by atoms with Gasteiger partial charge in [0.05, 0.1) is 18.2 Å². The molecule has 0 bridgehead atoms. The number of nitrogens with zero attached hydrogens (tertiary/aromatic N) is 2. The number of aryl methyl sites for hydroxylation is 1. The van der Waals surface area contributed by atoms with E-state index in [9.17, 15) is 18.3 Å². The molecule has 1 aromatic carbocycles. The van der Waals surface area contributed by atoms with Crippen molar-refractivity contribution < 1.29 is 18.3 Å². The van der Waals surface area contributed by atoms with Gasteiger partial charge in [0, 0.05) is 7.05 Å². The monoisotopic (exact) mass is 337 g/mol. The summed E-state index contributed by atoms with van der Waals surface area (Å²) in [6.45, 7) is 3.16. The second kappa shape index (κ2) is 6.51. The summed E-state index contributed by atoms with van der Waals surface area (Å²) in [5.41, 5.74) is 0.588. The number of nitrogens with one attached hydrogen (secondary N) is 1. The molecule has 23 heavy (non-hydrogen) atoms. The molecule has 1 heterocycles. The Labute approximate surface area is 135 Å². The Balaban J connectivity index is 2.42. The summed E-state index contributed by atoms with van der Waals surface area (Å²) >= 11 is 0. The van der Waals surface area contributed by atoms with Crippen LogP contribution in [0.5, 0.6) is 0 Å². The molecule has 0 saturated heterocycles. The average molecular weight is 337 g/mol. The fourth-order valence-electron chi connectivity index (χ4n) is 2.22. The zero-order valence-electron chi connectivity index (χ0n) is 13.1. The van der Waals surface area contributed by atoms with E-state index in [-0.39, 0.29) is 5.03 Å². The third-order valence-electron chi connectivity index (χ3n) is 3.78. The highest BCUT2D eigenvalue weighted by Gasteiger charge is 2.31. The van der Waals surface area contributed by atoms with E-state index in [2.05, 4.69) is 9.71 Å². The first kappa shape index (κ1) is 17.2. The van der Waals surface area contributed by atoms with Gasteiger partial charge >= 0.3 is 5.97 Å². The standard InChI is InChI=1S/C15H19N3O4S/c1-10(15(19)20)14(12-7-5-4-6-8-12)17-23(21,22)13-9-16-11(2)18(13)3/h4-10,14,17H,1-3H3,(H,19,20). The smallest absolute Gasteiger partial charge is 0.308 e. The van der Waals surface area contributed by atoms with Gasteiger partial charge < -0.3 is 9.67 Å². The molecule has 2 N–H and O–H groups in total. The molecular formula is C15H19N3O4S. The molecule has 2 aromatic rings. The van der Waals surface area contributed by atoms with Crippen molar-refractivity contribution in [2.75, 3.05) is 0 Å². The van der Waals surface area contributed by atoms with Crippen LogP contribution < -0.4 is 4.72 Å². The summed E-state index contributed by atoms with van der Waals surface area (Å²) in [5, 5.41) is 9.28. The Kier molecular flexibility index (Phi) is 4.86. The van der Waals surface area contributed by atoms with E-state index in [4.69, 9.17) is 0 Å². The number of hydrogen-bond donors (Lipinski definition) is 2. The number of carboxylic acid groups (broad SMARTS) is 1. The first-order valence-electron chi connectivity index (χ1n) is 7.02. The van der Waals surface area contributed by atoms with Crippen molar-refractivity contribution in [1.29, 1.82) is 0 Å². The number of imidazole rings is 1. The first-order chi connectivity index (χ1) is 10.7. The van der Waals surface area contributed by atoms with Gasteiger partial charge in [-0.25, -0.2) is 18.1 Å². The quantitative estimate of drug-likeness (QED) is 0.831. The van der Waals surface area contributed by atoms with E-state index in [0.29, 0.717) is 11.4 Å². The highest BCUT2D eigenvalue weighted by Crippen LogP contribution is 2.25. The van der Waals surface area contributed by atoms with Gasteiger partial charge in [0.25, 0.3) is 10.0 Å². The van der Waals surface area contributed by atoms with Gasteiger partial charge in [-0.3, -0.25) is 4.79 Å². The lowest BCUT2D eigenvalue weighted by atomic mass is 9.96. The summed E-state index contributed by atoms with van der Waals surface area (Å²) in [6, 6.07) is 7.76. The number of aromatic nitrogens is 2. The minimum absolute atomic E-state index is 0.00600. The number of sulfonamides is 1. The molecule has 2 atom stereocenters. The topological polar surface area (TPSA) is 101 Å². The van der Waals surface area contributed by atoms with E-state index < -0.39 is 28.0 Å². The Hall–Kier alpha value is -2.19. The molecule has 0 aliphatic rings. The predicted octanol–water partition coefficient (Wildman–Crippen LogP) is 1.47. The minimum atomic E-state index is -3.91. The summed E-state index contributed by atoms with van der Waals surface area (Å²) in [5.74, 6) is -1.46. The maximum Gasteiger partial charge on any atom is 0.308 e. The zero-order chi connectivity index (χ0) is 17.2. The van der Waals surface area contributed by atoms with Gasteiger partial charge in [-0.15, -0.1) is 0 Å². The van der Waals surface area contributed by atoms with Crippen molar-refractivity contribution in [2.24, 2.45) is 13.0 Å². The summed E-state index contributed by atoms with van der Waals surface area (Å²) < 4.78 is 29.2. The summed E-state index contributed by atoms with van der Waals surface area (Å²) in [6.07, 6.45) is 1.26. The number of carboxylic acids is 1. The number of hydrogen-bond acceptors (Lipinski definition) is 4. The van der Waals surface area contributed by atoms with Crippen molar-refractivity contribution in [1.82, 2.24) is 14.3 Å². The maximum atomic E-state index is 12.6.